The summed E-state index contributed by atoms with van der Waals surface area (Å²) in [5.74, 6) is 1.04. The van der Waals surface area contributed by atoms with Crippen LogP contribution < -0.4 is 10.2 Å². The molecule has 0 saturated carbocycles. The van der Waals surface area contributed by atoms with Crippen LogP contribution in [0.5, 0.6) is 0 Å². The average Bonchev–Trinajstić information content (AvgIpc) is 3.31. The second kappa shape index (κ2) is 11.8. The Balaban J connectivity index is 1.98. The van der Waals surface area contributed by atoms with Gasteiger partial charge >= 0.3 is 0 Å². The third-order valence-corrected chi connectivity index (χ3v) is 8.40. The van der Waals surface area contributed by atoms with Crippen molar-refractivity contribution < 1.29 is 4.74 Å². The first-order valence-electron chi connectivity index (χ1n) is 12.0. The number of fused-ring (bicyclic) bond motifs is 1. The van der Waals surface area contributed by atoms with Crippen molar-refractivity contribution in [3.63, 3.8) is 0 Å². The van der Waals surface area contributed by atoms with Gasteiger partial charge in [0.25, 0.3) is 0 Å². The number of nitrogens with zero attached hydrogens (tertiary/aromatic N) is 5. The molecule has 0 aliphatic rings. The van der Waals surface area contributed by atoms with Gasteiger partial charge in [0, 0.05) is 56.9 Å². The van der Waals surface area contributed by atoms with E-state index in [1.165, 1.54) is 0 Å². The van der Waals surface area contributed by atoms with Gasteiger partial charge in [0.2, 0.25) is 5.13 Å². The Morgan fingerprint density at radius 1 is 1.23 bits per heavy atom. The smallest absolute Gasteiger partial charge is 0.215 e. The molecule has 10 heteroatoms. The van der Waals surface area contributed by atoms with Crippen LogP contribution in [0, 0.1) is 5.41 Å². The molecule has 0 atom stereocenters. The largest absolute Gasteiger partial charge is 0.393 e. The number of ether oxygens (including phenoxy) is 1. The number of anilines is 2. The molecule has 0 radical (unpaired) electrons. The highest BCUT2D eigenvalue weighted by Crippen LogP contribution is 2.31. The molecule has 3 heterocycles. The summed E-state index contributed by atoms with van der Waals surface area (Å²) in [4.78, 5) is 11.5. The monoisotopic (exact) mass is 511 g/mol. The number of hydrogen-bond donors (Lipinski definition) is 2. The van der Waals surface area contributed by atoms with Crippen molar-refractivity contribution in [2.45, 2.75) is 58.8 Å². The highest BCUT2D eigenvalue weighted by Gasteiger charge is 2.20. The van der Waals surface area contributed by atoms with Crippen LogP contribution in [0.4, 0.5) is 10.9 Å². The highest BCUT2D eigenvalue weighted by atomic mass is 32.1. The van der Waals surface area contributed by atoms with Crippen molar-refractivity contribution >= 4 is 52.7 Å². The highest BCUT2D eigenvalue weighted by molar-refractivity contribution is 7.15. The number of pyridine rings is 2. The van der Waals surface area contributed by atoms with Crippen LogP contribution in [0.1, 0.15) is 43.7 Å². The fourth-order valence-electron chi connectivity index (χ4n) is 3.30. The lowest BCUT2D eigenvalue weighted by molar-refractivity contribution is 0.153. The van der Waals surface area contributed by atoms with Gasteiger partial charge in [0.1, 0.15) is 17.6 Å². The van der Waals surface area contributed by atoms with Gasteiger partial charge in [-0.3, -0.25) is 9.88 Å². The van der Waals surface area contributed by atoms with Crippen molar-refractivity contribution in [2.75, 3.05) is 25.3 Å². The van der Waals surface area contributed by atoms with E-state index in [4.69, 9.17) is 15.1 Å². The van der Waals surface area contributed by atoms with E-state index in [-0.39, 0.29) is 0 Å². The molecule has 0 spiro atoms. The molecule has 2 N–H and O–H groups in total. The van der Waals surface area contributed by atoms with Gasteiger partial charge in [-0.1, -0.05) is 51.7 Å². The molecule has 8 nitrogen and oxygen atoms in total. The van der Waals surface area contributed by atoms with E-state index in [2.05, 4.69) is 54.0 Å². The van der Waals surface area contributed by atoms with Crippen LogP contribution in [0.3, 0.4) is 0 Å². The molecular weight excluding hydrogens is 474 g/mol. The summed E-state index contributed by atoms with van der Waals surface area (Å²) in [7, 11) is 0.643. The molecule has 0 unspecified atom stereocenters. The molecule has 0 bridgehead atoms. The zero-order valence-corrected chi connectivity index (χ0v) is 23.7. The third kappa shape index (κ3) is 7.15. The molecule has 0 amide bonds. The van der Waals surface area contributed by atoms with Crippen LogP contribution in [0.15, 0.2) is 30.6 Å². The van der Waals surface area contributed by atoms with Gasteiger partial charge in [-0.05, 0) is 30.7 Å². The minimum Gasteiger partial charge on any atom is -0.393 e. The van der Waals surface area contributed by atoms with Gasteiger partial charge < -0.3 is 15.5 Å². The summed E-state index contributed by atoms with van der Waals surface area (Å²) in [6.45, 7) is 14.3. The maximum Gasteiger partial charge on any atom is 0.215 e. The molecule has 3 rings (SSSR count). The molecule has 35 heavy (non-hydrogen) atoms. The predicted molar refractivity (Wildman–Crippen MR) is 150 cm³/mol. The van der Waals surface area contributed by atoms with Crippen molar-refractivity contribution in [3.05, 3.63) is 41.2 Å². The summed E-state index contributed by atoms with van der Waals surface area (Å²) in [5.41, 5.74) is 3.77. The molecule has 0 aliphatic heterocycles. The molecule has 3 aromatic rings. The number of aromatic nitrogens is 4. The van der Waals surface area contributed by atoms with E-state index in [1.807, 2.05) is 43.3 Å². The van der Waals surface area contributed by atoms with Gasteiger partial charge in [0.15, 0.2) is 0 Å². The van der Waals surface area contributed by atoms with Crippen LogP contribution in [-0.4, -0.2) is 54.3 Å². The van der Waals surface area contributed by atoms with Crippen molar-refractivity contribution in [2.24, 2.45) is 0 Å². The second-order valence-corrected chi connectivity index (χ2v) is 16.6. The fraction of sp³-hybridized carbons (Fsp3) is 0.480. The van der Waals surface area contributed by atoms with E-state index in [9.17, 15) is 0 Å². The minimum absolute atomic E-state index is 0.304. The van der Waals surface area contributed by atoms with Gasteiger partial charge in [0.05, 0.1) is 11.0 Å². The average molecular weight is 512 g/mol. The van der Waals surface area contributed by atoms with E-state index in [1.54, 1.807) is 17.5 Å². The van der Waals surface area contributed by atoms with Crippen LogP contribution in [0.25, 0.3) is 16.6 Å². The van der Waals surface area contributed by atoms with Crippen LogP contribution in [-0.2, 0) is 4.74 Å². The Bertz CT molecular complexity index is 1190. The molecule has 3 aromatic heterocycles. The zero-order chi connectivity index (χ0) is 25.6. The lowest BCUT2D eigenvalue weighted by atomic mass is 10.0. The van der Waals surface area contributed by atoms with E-state index in [0.717, 1.165) is 44.2 Å². The Hall–Kier alpha value is -2.69. The van der Waals surface area contributed by atoms with Crippen molar-refractivity contribution in [1.82, 2.24) is 25.5 Å². The SMILES string of the molecule is CCC(=N)/C(=C\NC)c1cnc2ccc(N(COCC[Si](C)(C)C)c3nnc(C(C)C)s3)nc2c1. The first kappa shape index (κ1) is 26.9. The second-order valence-electron chi connectivity index (χ2n) is 9.96. The summed E-state index contributed by atoms with van der Waals surface area (Å²) in [6.07, 6.45) is 4.27. The number of nitrogens with one attached hydrogen (secondary N) is 2. The molecule has 0 aliphatic carbocycles. The van der Waals surface area contributed by atoms with Gasteiger partial charge in [-0.25, -0.2) is 4.98 Å². The standard InChI is InChI=1S/C25H37N7OSSi/c1-8-20(26)19(15-27-4)18-13-22-21(28-14-18)9-10-23(29-22)32(16-33-11-12-35(5,6)7)25-31-30-24(34-25)17(2)3/h9-10,13-15,17,26-27H,8,11-12,16H2,1-7H3/b19-15-,26-20?. The zero-order valence-electron chi connectivity index (χ0n) is 21.8. The first-order chi connectivity index (χ1) is 16.6. The summed E-state index contributed by atoms with van der Waals surface area (Å²) in [5, 5.41) is 22.0. The lowest BCUT2D eigenvalue weighted by Gasteiger charge is -2.22. The minimum atomic E-state index is -1.19. The maximum atomic E-state index is 8.35. The van der Waals surface area contributed by atoms with E-state index in [0.29, 0.717) is 31.4 Å². The predicted octanol–water partition coefficient (Wildman–Crippen LogP) is 6.05. The van der Waals surface area contributed by atoms with Crippen molar-refractivity contribution in [1.29, 1.82) is 5.41 Å². The Kier molecular flexibility index (Phi) is 9.09. The lowest BCUT2D eigenvalue weighted by Crippen LogP contribution is -2.26. The maximum absolute atomic E-state index is 8.35. The van der Waals surface area contributed by atoms with Gasteiger partial charge in [-0.15, -0.1) is 10.2 Å². The molecule has 0 aromatic carbocycles. The Labute approximate surface area is 213 Å². The van der Waals surface area contributed by atoms with Crippen molar-refractivity contribution in [3.8, 4) is 0 Å². The Morgan fingerprint density at radius 2 is 2.00 bits per heavy atom. The van der Waals surface area contributed by atoms with Gasteiger partial charge in [-0.2, -0.15) is 0 Å². The number of allylic oxidation sites excluding steroid dienone is 1. The Morgan fingerprint density at radius 3 is 2.63 bits per heavy atom. The number of hydrogen-bond acceptors (Lipinski definition) is 9. The number of rotatable bonds is 12. The first-order valence-corrected chi connectivity index (χ1v) is 16.6. The normalized spacial score (nSPS) is 12.4. The summed E-state index contributed by atoms with van der Waals surface area (Å²) < 4.78 is 6.10. The molecule has 188 valence electrons. The quantitative estimate of drug-likeness (QED) is 0.132. The molecule has 0 fully saturated rings. The third-order valence-electron chi connectivity index (χ3n) is 5.45. The van der Waals surface area contributed by atoms with Crippen LogP contribution in [0.2, 0.25) is 25.7 Å². The summed E-state index contributed by atoms with van der Waals surface area (Å²) >= 11 is 1.57. The fourth-order valence-corrected chi connectivity index (χ4v) is 4.89. The van der Waals surface area contributed by atoms with E-state index < -0.39 is 8.07 Å². The molecular formula is C25H37N7OSSi. The van der Waals surface area contributed by atoms with Crippen LogP contribution >= 0.6 is 11.3 Å². The van der Waals surface area contributed by atoms with E-state index >= 15 is 0 Å². The topological polar surface area (TPSA) is 99.9 Å². The molecule has 0 saturated heterocycles. The summed E-state index contributed by atoms with van der Waals surface area (Å²) in [6, 6.07) is 7.00.